The fraction of sp³-hybridized carbons (Fsp3) is 0.235. The molecule has 126 valence electrons. The van der Waals surface area contributed by atoms with Gasteiger partial charge < -0.3 is 5.32 Å². The molecule has 0 radical (unpaired) electrons. The monoisotopic (exact) mass is 364 g/mol. The van der Waals surface area contributed by atoms with Gasteiger partial charge in [0.25, 0.3) is 10.0 Å². The van der Waals surface area contributed by atoms with E-state index in [1.165, 1.54) is 4.31 Å². The molecule has 0 saturated heterocycles. The molecule has 2 aromatic rings. The number of carbonyl (C=O) groups is 1. The van der Waals surface area contributed by atoms with Crippen molar-refractivity contribution in [2.24, 2.45) is 0 Å². The first-order valence-corrected chi connectivity index (χ1v) is 9.43. The van der Waals surface area contributed by atoms with Crippen molar-refractivity contribution in [1.82, 2.24) is 0 Å². The Morgan fingerprint density at radius 3 is 2.58 bits per heavy atom. The predicted octanol–water partition coefficient (Wildman–Crippen LogP) is 3.00. The summed E-state index contributed by atoms with van der Waals surface area (Å²) in [6, 6.07) is 13.6. The molecule has 1 unspecified atom stereocenters. The summed E-state index contributed by atoms with van der Waals surface area (Å²) >= 11 is 5.76. The number of hydrogen-bond donors (Lipinski definition) is 1. The molecule has 0 aromatic heterocycles. The molecule has 1 amide bonds. The molecule has 0 bridgehead atoms. The second-order valence-electron chi connectivity index (χ2n) is 5.59. The highest BCUT2D eigenvalue weighted by atomic mass is 35.5. The average Bonchev–Trinajstić information content (AvgIpc) is 2.99. The first-order chi connectivity index (χ1) is 11.4. The number of anilines is 2. The minimum absolute atomic E-state index is 0.252. The smallest absolute Gasteiger partial charge is 0.264 e. The van der Waals surface area contributed by atoms with E-state index < -0.39 is 15.4 Å². The van der Waals surface area contributed by atoms with Gasteiger partial charge in [0, 0.05) is 12.2 Å². The van der Waals surface area contributed by atoms with E-state index in [9.17, 15) is 13.2 Å². The van der Waals surface area contributed by atoms with Gasteiger partial charge in [-0.25, -0.2) is 8.42 Å². The highest BCUT2D eigenvalue weighted by Crippen LogP contribution is 2.35. The van der Waals surface area contributed by atoms with Crippen molar-refractivity contribution in [2.75, 3.05) is 16.2 Å². The van der Waals surface area contributed by atoms with Crippen molar-refractivity contribution >= 4 is 38.9 Å². The fourth-order valence-corrected chi connectivity index (χ4v) is 4.21. The van der Waals surface area contributed by atoms with Crippen LogP contribution >= 0.6 is 11.6 Å². The maximum absolute atomic E-state index is 12.9. The Kier molecular flexibility index (Phi) is 4.51. The van der Waals surface area contributed by atoms with Crippen LogP contribution in [0.4, 0.5) is 11.4 Å². The molecule has 0 saturated carbocycles. The van der Waals surface area contributed by atoms with Crippen LogP contribution in [0.25, 0.3) is 0 Å². The van der Waals surface area contributed by atoms with E-state index in [-0.39, 0.29) is 10.8 Å². The number of amides is 1. The van der Waals surface area contributed by atoms with E-state index >= 15 is 0 Å². The van der Waals surface area contributed by atoms with Gasteiger partial charge >= 0.3 is 0 Å². The highest BCUT2D eigenvalue weighted by molar-refractivity contribution is 7.92. The number of halogens is 1. The number of fused-ring (bicyclic) bond motifs is 1. The Hall–Kier alpha value is -2.05. The summed E-state index contributed by atoms with van der Waals surface area (Å²) in [7, 11) is -3.62. The van der Waals surface area contributed by atoms with Crippen LogP contribution in [0.3, 0.4) is 0 Å². The number of nitrogens with one attached hydrogen (secondary N) is 1. The summed E-state index contributed by atoms with van der Waals surface area (Å²) in [5.41, 5.74) is 2.06. The number of rotatable bonds is 4. The van der Waals surface area contributed by atoms with E-state index in [1.807, 2.05) is 6.07 Å². The maximum atomic E-state index is 12.9. The molecule has 2 aromatic carbocycles. The largest absolute Gasteiger partial charge is 0.325 e. The van der Waals surface area contributed by atoms with E-state index in [0.717, 1.165) is 5.56 Å². The van der Waals surface area contributed by atoms with Crippen molar-refractivity contribution in [3.63, 3.8) is 0 Å². The Morgan fingerprint density at radius 1 is 1.21 bits per heavy atom. The standard InChI is InChI=1S/C17H17ClN2O3S/c1-12(18)17(21)19-14-8-7-13-9-10-20(16(13)11-14)24(22,23)15-5-3-2-4-6-15/h2-8,11-12H,9-10H2,1H3,(H,19,21). The highest BCUT2D eigenvalue weighted by Gasteiger charge is 2.31. The third-order valence-corrected chi connectivity index (χ3v) is 5.92. The number of sulfonamides is 1. The molecule has 1 N–H and O–H groups in total. The average molecular weight is 365 g/mol. The van der Waals surface area contributed by atoms with Gasteiger partial charge in [-0.15, -0.1) is 11.6 Å². The van der Waals surface area contributed by atoms with Gasteiger partial charge in [0.05, 0.1) is 10.6 Å². The van der Waals surface area contributed by atoms with Crippen LogP contribution in [0.2, 0.25) is 0 Å². The quantitative estimate of drug-likeness (QED) is 0.848. The lowest BCUT2D eigenvalue weighted by molar-refractivity contribution is -0.115. The molecule has 1 heterocycles. The van der Waals surface area contributed by atoms with E-state index in [0.29, 0.717) is 24.3 Å². The maximum Gasteiger partial charge on any atom is 0.264 e. The minimum atomic E-state index is -3.62. The number of nitrogens with zero attached hydrogens (tertiary/aromatic N) is 1. The molecule has 0 aliphatic carbocycles. The molecule has 1 aliphatic heterocycles. The Labute approximate surface area is 146 Å². The van der Waals surface area contributed by atoms with Gasteiger partial charge in [-0.05, 0) is 43.2 Å². The van der Waals surface area contributed by atoms with Crippen molar-refractivity contribution in [2.45, 2.75) is 23.6 Å². The van der Waals surface area contributed by atoms with Crippen LogP contribution in [-0.4, -0.2) is 26.2 Å². The van der Waals surface area contributed by atoms with Crippen LogP contribution in [0.15, 0.2) is 53.4 Å². The lowest BCUT2D eigenvalue weighted by Gasteiger charge is -2.20. The summed E-state index contributed by atoms with van der Waals surface area (Å²) in [5, 5.41) is 2.03. The molecular weight excluding hydrogens is 348 g/mol. The normalized spacial score (nSPS) is 15.0. The summed E-state index contributed by atoms with van der Waals surface area (Å²) in [4.78, 5) is 12.0. The zero-order chi connectivity index (χ0) is 17.3. The SMILES string of the molecule is CC(Cl)C(=O)Nc1ccc2c(c1)N(S(=O)(=O)c1ccccc1)CC2. The second-order valence-corrected chi connectivity index (χ2v) is 8.11. The third-order valence-electron chi connectivity index (χ3n) is 3.90. The fourth-order valence-electron chi connectivity index (χ4n) is 2.64. The molecule has 1 atom stereocenters. The van der Waals surface area contributed by atoms with Gasteiger partial charge in [-0.2, -0.15) is 0 Å². The van der Waals surface area contributed by atoms with Gasteiger partial charge in [0.15, 0.2) is 0 Å². The van der Waals surface area contributed by atoms with Crippen LogP contribution in [0.1, 0.15) is 12.5 Å². The van der Waals surface area contributed by atoms with E-state index in [2.05, 4.69) is 5.32 Å². The van der Waals surface area contributed by atoms with Crippen LogP contribution in [0.5, 0.6) is 0 Å². The summed E-state index contributed by atoms with van der Waals surface area (Å²) in [6.45, 7) is 1.96. The van der Waals surface area contributed by atoms with Gasteiger partial charge in [0.2, 0.25) is 5.91 Å². The second kappa shape index (κ2) is 6.45. The number of hydrogen-bond acceptors (Lipinski definition) is 3. The Bertz CT molecular complexity index is 867. The molecule has 24 heavy (non-hydrogen) atoms. The topological polar surface area (TPSA) is 66.5 Å². The lowest BCUT2D eigenvalue weighted by atomic mass is 10.1. The number of carbonyl (C=O) groups excluding carboxylic acids is 1. The minimum Gasteiger partial charge on any atom is -0.325 e. The number of benzene rings is 2. The van der Waals surface area contributed by atoms with E-state index in [4.69, 9.17) is 11.6 Å². The van der Waals surface area contributed by atoms with Crippen molar-refractivity contribution < 1.29 is 13.2 Å². The predicted molar refractivity (Wildman–Crippen MR) is 95.1 cm³/mol. The van der Waals surface area contributed by atoms with Gasteiger partial charge in [-0.1, -0.05) is 24.3 Å². The van der Waals surface area contributed by atoms with Crippen molar-refractivity contribution in [1.29, 1.82) is 0 Å². The first kappa shape index (κ1) is 16.8. The lowest BCUT2D eigenvalue weighted by Crippen LogP contribution is -2.29. The Balaban J connectivity index is 1.95. The first-order valence-electron chi connectivity index (χ1n) is 7.55. The Morgan fingerprint density at radius 2 is 1.92 bits per heavy atom. The molecular formula is C17H17ClN2O3S. The zero-order valence-electron chi connectivity index (χ0n) is 13.1. The van der Waals surface area contributed by atoms with Crippen LogP contribution in [-0.2, 0) is 21.2 Å². The summed E-state index contributed by atoms with van der Waals surface area (Å²) in [5.74, 6) is -0.327. The van der Waals surface area contributed by atoms with Crippen molar-refractivity contribution in [3.05, 3.63) is 54.1 Å². The van der Waals surface area contributed by atoms with E-state index in [1.54, 1.807) is 49.4 Å². The van der Waals surface area contributed by atoms with Crippen molar-refractivity contribution in [3.8, 4) is 0 Å². The number of alkyl halides is 1. The van der Waals surface area contributed by atoms with Crippen LogP contribution in [0, 0.1) is 0 Å². The van der Waals surface area contributed by atoms with Crippen LogP contribution < -0.4 is 9.62 Å². The summed E-state index contributed by atoms with van der Waals surface area (Å²) < 4.78 is 27.1. The molecule has 7 heteroatoms. The molecule has 5 nitrogen and oxygen atoms in total. The van der Waals surface area contributed by atoms with Gasteiger partial charge in [-0.3, -0.25) is 9.10 Å². The molecule has 1 aliphatic rings. The molecule has 0 fully saturated rings. The molecule has 0 spiro atoms. The molecule has 3 rings (SSSR count). The summed E-state index contributed by atoms with van der Waals surface area (Å²) in [6.07, 6.45) is 0.640. The van der Waals surface area contributed by atoms with Gasteiger partial charge in [0.1, 0.15) is 5.38 Å². The zero-order valence-corrected chi connectivity index (χ0v) is 14.6. The third kappa shape index (κ3) is 3.12.